The van der Waals surface area contributed by atoms with E-state index < -0.39 is 23.7 Å². The van der Waals surface area contributed by atoms with Gasteiger partial charge in [-0.25, -0.2) is 0 Å². The number of carbonyl (C=O) groups excluding carboxylic acids is 3. The normalized spacial score (nSPS) is 24.3. The molecule has 0 aliphatic heterocycles. The summed E-state index contributed by atoms with van der Waals surface area (Å²) in [6.07, 6.45) is 4.05. The lowest BCUT2D eigenvalue weighted by Crippen LogP contribution is -2.29. The summed E-state index contributed by atoms with van der Waals surface area (Å²) in [4.78, 5) is 45.8. The third kappa shape index (κ3) is 4.93. The van der Waals surface area contributed by atoms with Crippen LogP contribution in [-0.2, 0) is 23.9 Å². The average molecular weight is 312 g/mol. The molecular formula is C16H24O6. The number of carboxylic acid groups (broad SMARTS) is 1. The molecule has 1 aliphatic rings. The molecule has 0 bridgehead atoms. The fraction of sp³-hybridized carbons (Fsp3) is 0.750. The number of ketones is 2. The van der Waals surface area contributed by atoms with Gasteiger partial charge in [-0.1, -0.05) is 19.3 Å². The van der Waals surface area contributed by atoms with E-state index in [4.69, 9.17) is 0 Å². The van der Waals surface area contributed by atoms with Crippen LogP contribution in [0.4, 0.5) is 0 Å². The molecule has 0 radical (unpaired) electrons. The number of carbonyl (C=O) groups is 4. The molecule has 1 aliphatic carbocycles. The summed E-state index contributed by atoms with van der Waals surface area (Å²) in [5, 5.41) is 9.29. The van der Waals surface area contributed by atoms with Crippen LogP contribution in [-0.4, -0.2) is 35.7 Å². The van der Waals surface area contributed by atoms with E-state index in [0.717, 1.165) is 25.7 Å². The molecule has 1 saturated carbocycles. The molecule has 0 heterocycles. The molecule has 0 spiro atoms. The quantitative estimate of drug-likeness (QED) is 0.516. The van der Waals surface area contributed by atoms with E-state index >= 15 is 0 Å². The Bertz CT molecular complexity index is 442. The van der Waals surface area contributed by atoms with Crippen molar-refractivity contribution >= 4 is 23.5 Å². The Hall–Kier alpha value is -1.72. The molecule has 3 atom stereocenters. The van der Waals surface area contributed by atoms with Crippen molar-refractivity contribution in [3.8, 4) is 0 Å². The van der Waals surface area contributed by atoms with E-state index in [9.17, 15) is 24.3 Å². The number of hydrogen-bond donors (Lipinski definition) is 1. The second-order valence-electron chi connectivity index (χ2n) is 5.89. The first-order valence-corrected chi connectivity index (χ1v) is 7.71. The molecule has 6 nitrogen and oxygen atoms in total. The van der Waals surface area contributed by atoms with Crippen molar-refractivity contribution in [3.05, 3.63) is 0 Å². The summed E-state index contributed by atoms with van der Waals surface area (Å²) in [5.74, 6) is -3.71. The lowest BCUT2D eigenvalue weighted by atomic mass is 9.84. The minimum atomic E-state index is -1.05. The molecule has 0 amide bonds. The van der Waals surface area contributed by atoms with Crippen LogP contribution in [0.25, 0.3) is 0 Å². The van der Waals surface area contributed by atoms with Crippen LogP contribution in [0.3, 0.4) is 0 Å². The van der Waals surface area contributed by atoms with Gasteiger partial charge in [-0.15, -0.1) is 0 Å². The fourth-order valence-corrected chi connectivity index (χ4v) is 3.15. The number of esters is 1. The third-order valence-corrected chi connectivity index (χ3v) is 4.38. The summed E-state index contributed by atoms with van der Waals surface area (Å²) in [5.41, 5.74) is 0. The van der Waals surface area contributed by atoms with E-state index in [0.29, 0.717) is 12.8 Å². The Morgan fingerprint density at radius 1 is 1.18 bits per heavy atom. The van der Waals surface area contributed by atoms with E-state index in [1.54, 1.807) is 0 Å². The molecule has 0 aromatic heterocycles. The van der Waals surface area contributed by atoms with Crippen molar-refractivity contribution in [1.29, 1.82) is 0 Å². The summed E-state index contributed by atoms with van der Waals surface area (Å²) in [6.45, 7) is 1.35. The number of aliphatic carboxylic acids is 1. The molecule has 1 N–H and O–H groups in total. The number of Topliss-reactive ketones (excluding diaryl/α,β-unsaturated/α-hetero) is 2. The molecule has 1 rings (SSSR count). The monoisotopic (exact) mass is 312 g/mol. The first kappa shape index (κ1) is 18.3. The molecule has 6 heteroatoms. The maximum absolute atomic E-state index is 12.0. The zero-order valence-corrected chi connectivity index (χ0v) is 13.2. The number of methoxy groups -OCH3 is 1. The van der Waals surface area contributed by atoms with Crippen molar-refractivity contribution < 1.29 is 29.0 Å². The summed E-state index contributed by atoms with van der Waals surface area (Å²) < 4.78 is 4.55. The van der Waals surface area contributed by atoms with Gasteiger partial charge < -0.3 is 9.84 Å². The van der Waals surface area contributed by atoms with Gasteiger partial charge in [0.05, 0.1) is 13.0 Å². The molecule has 0 aromatic carbocycles. The minimum absolute atomic E-state index is 0.0549. The van der Waals surface area contributed by atoms with Crippen molar-refractivity contribution in [2.75, 3.05) is 7.11 Å². The zero-order valence-electron chi connectivity index (χ0n) is 13.2. The molecule has 1 fully saturated rings. The molecule has 124 valence electrons. The highest BCUT2D eigenvalue weighted by Gasteiger charge is 2.47. The molecule has 0 unspecified atom stereocenters. The molecule has 22 heavy (non-hydrogen) atoms. The van der Waals surface area contributed by atoms with E-state index in [1.165, 1.54) is 14.0 Å². The third-order valence-electron chi connectivity index (χ3n) is 4.38. The van der Waals surface area contributed by atoms with Gasteiger partial charge in [0.2, 0.25) is 0 Å². The lowest BCUT2D eigenvalue weighted by molar-refractivity contribution is -0.147. The first-order chi connectivity index (χ1) is 10.4. The van der Waals surface area contributed by atoms with Gasteiger partial charge in [-0.2, -0.15) is 0 Å². The van der Waals surface area contributed by atoms with Crippen LogP contribution in [0.1, 0.15) is 51.9 Å². The highest BCUT2D eigenvalue weighted by atomic mass is 16.5. The first-order valence-electron chi connectivity index (χ1n) is 7.71. The predicted octanol–water partition coefficient (Wildman–Crippen LogP) is 1.99. The molecule has 0 saturated heterocycles. The topological polar surface area (TPSA) is 97.7 Å². The maximum atomic E-state index is 12.0. The van der Waals surface area contributed by atoms with Crippen molar-refractivity contribution in [3.63, 3.8) is 0 Å². The Balaban J connectivity index is 2.40. The molecular weight excluding hydrogens is 288 g/mol. The van der Waals surface area contributed by atoms with Crippen molar-refractivity contribution in [1.82, 2.24) is 0 Å². The maximum Gasteiger partial charge on any atom is 0.307 e. The Labute approximate surface area is 130 Å². The van der Waals surface area contributed by atoms with Gasteiger partial charge in [0, 0.05) is 24.7 Å². The van der Waals surface area contributed by atoms with Crippen LogP contribution >= 0.6 is 0 Å². The summed E-state index contributed by atoms with van der Waals surface area (Å²) in [7, 11) is 1.35. The van der Waals surface area contributed by atoms with E-state index in [-0.39, 0.29) is 24.0 Å². The Morgan fingerprint density at radius 3 is 2.36 bits per heavy atom. The lowest BCUT2D eigenvalue weighted by Gasteiger charge is -2.17. The van der Waals surface area contributed by atoms with E-state index in [2.05, 4.69) is 4.74 Å². The standard InChI is InChI=1S/C16H24O6/c1-10(17)12-9-13(18)11(15(12)16(20)21)7-5-3-4-6-8-14(19)22-2/h11-12,15H,3-9H2,1-2H3,(H,20,21)/t11-,12-,15+/m1/s1. The zero-order chi connectivity index (χ0) is 16.7. The second kappa shape index (κ2) is 8.66. The SMILES string of the molecule is COC(=O)CCCCCC[C@@H]1C(=O)C[C@H](C(C)=O)[C@H]1C(=O)O. The van der Waals surface area contributed by atoms with Crippen molar-refractivity contribution in [2.45, 2.75) is 51.9 Å². The highest BCUT2D eigenvalue weighted by molar-refractivity contribution is 5.97. The van der Waals surface area contributed by atoms with Crippen LogP contribution in [0, 0.1) is 17.8 Å². The smallest absolute Gasteiger partial charge is 0.307 e. The fourth-order valence-electron chi connectivity index (χ4n) is 3.15. The van der Waals surface area contributed by atoms with Gasteiger partial charge in [0.15, 0.2) is 0 Å². The van der Waals surface area contributed by atoms with Crippen LogP contribution < -0.4 is 0 Å². The van der Waals surface area contributed by atoms with Gasteiger partial charge >= 0.3 is 11.9 Å². The van der Waals surface area contributed by atoms with Crippen LogP contribution in [0.15, 0.2) is 0 Å². The highest BCUT2D eigenvalue weighted by Crippen LogP contribution is 2.38. The average Bonchev–Trinajstić information content (AvgIpc) is 2.79. The van der Waals surface area contributed by atoms with E-state index in [1.807, 2.05) is 0 Å². The van der Waals surface area contributed by atoms with Crippen molar-refractivity contribution in [2.24, 2.45) is 17.8 Å². The number of rotatable bonds is 9. The van der Waals surface area contributed by atoms with Crippen LogP contribution in [0.2, 0.25) is 0 Å². The number of ether oxygens (including phenoxy) is 1. The second-order valence-corrected chi connectivity index (χ2v) is 5.89. The van der Waals surface area contributed by atoms with Gasteiger partial charge in [0.25, 0.3) is 0 Å². The Morgan fingerprint density at radius 2 is 1.82 bits per heavy atom. The van der Waals surface area contributed by atoms with Gasteiger partial charge in [-0.3, -0.25) is 19.2 Å². The number of unbranched alkanes of at least 4 members (excludes halogenated alkanes) is 3. The molecule has 0 aromatic rings. The van der Waals surface area contributed by atoms with Gasteiger partial charge in [0.1, 0.15) is 11.6 Å². The summed E-state index contributed by atoms with van der Waals surface area (Å²) in [6, 6.07) is 0. The predicted molar refractivity (Wildman–Crippen MR) is 78.1 cm³/mol. The van der Waals surface area contributed by atoms with Gasteiger partial charge in [-0.05, 0) is 19.8 Å². The number of hydrogen-bond acceptors (Lipinski definition) is 5. The largest absolute Gasteiger partial charge is 0.481 e. The van der Waals surface area contributed by atoms with Crippen LogP contribution in [0.5, 0.6) is 0 Å². The summed E-state index contributed by atoms with van der Waals surface area (Å²) >= 11 is 0. The number of carboxylic acids is 1. The Kier molecular flexibility index (Phi) is 7.21. The minimum Gasteiger partial charge on any atom is -0.481 e.